The zero-order chi connectivity index (χ0) is 19.3. The van der Waals surface area contributed by atoms with Gasteiger partial charge in [0.25, 0.3) is 0 Å². The van der Waals surface area contributed by atoms with E-state index in [0.29, 0.717) is 0 Å². The Kier molecular flexibility index (Phi) is 6.17. The quantitative estimate of drug-likeness (QED) is 0.673. The Morgan fingerprint density at radius 2 is 1.73 bits per heavy atom. The molecular formula is C17H19NO7S. The number of hydrogen-bond acceptors (Lipinski definition) is 7. The average Bonchev–Trinajstić information content (AvgIpc) is 3.08. The van der Waals surface area contributed by atoms with Crippen LogP contribution < -0.4 is 0 Å². The Balaban J connectivity index is 2.41. The molecular weight excluding hydrogens is 362 g/mol. The second-order valence-electron chi connectivity index (χ2n) is 5.41. The van der Waals surface area contributed by atoms with Gasteiger partial charge in [0.2, 0.25) is 10.0 Å². The Bertz CT molecular complexity index is 884. The molecule has 0 radical (unpaired) electrons. The van der Waals surface area contributed by atoms with Gasteiger partial charge in [-0.25, -0.2) is 13.2 Å². The molecule has 26 heavy (non-hydrogen) atoms. The van der Waals surface area contributed by atoms with Gasteiger partial charge < -0.3 is 13.9 Å². The molecule has 2 aromatic rings. The predicted octanol–water partition coefficient (Wildman–Crippen LogP) is 1.74. The number of sulfonamides is 1. The van der Waals surface area contributed by atoms with Gasteiger partial charge in [-0.3, -0.25) is 4.79 Å². The van der Waals surface area contributed by atoms with Crippen molar-refractivity contribution < 1.29 is 31.9 Å². The smallest absolute Gasteiger partial charge is 0.341 e. The van der Waals surface area contributed by atoms with Crippen molar-refractivity contribution in [1.29, 1.82) is 0 Å². The predicted molar refractivity (Wildman–Crippen MR) is 90.8 cm³/mol. The summed E-state index contributed by atoms with van der Waals surface area (Å²) in [7, 11) is -1.67. The van der Waals surface area contributed by atoms with Crippen LogP contribution in [-0.4, -0.2) is 45.4 Å². The first kappa shape index (κ1) is 19.7. The van der Waals surface area contributed by atoms with Crippen LogP contribution in [-0.2, 0) is 30.8 Å². The van der Waals surface area contributed by atoms with Crippen LogP contribution in [0.1, 0.15) is 21.7 Å². The number of benzene rings is 1. The second kappa shape index (κ2) is 8.15. The van der Waals surface area contributed by atoms with E-state index in [0.717, 1.165) is 17.0 Å². The third-order valence-electron chi connectivity index (χ3n) is 3.66. The number of furan rings is 1. The molecule has 0 aliphatic rings. The van der Waals surface area contributed by atoms with Crippen molar-refractivity contribution in [3.05, 3.63) is 53.5 Å². The summed E-state index contributed by atoms with van der Waals surface area (Å²) in [6.07, 6.45) is 1.25. The lowest BCUT2D eigenvalue weighted by Gasteiger charge is -2.20. The molecule has 0 spiro atoms. The van der Waals surface area contributed by atoms with Crippen LogP contribution in [0, 0.1) is 6.92 Å². The van der Waals surface area contributed by atoms with Crippen LogP contribution in [0.25, 0.3) is 0 Å². The Labute approximate surface area is 151 Å². The van der Waals surface area contributed by atoms with Gasteiger partial charge in [-0.1, -0.05) is 17.7 Å². The monoisotopic (exact) mass is 381 g/mol. The molecule has 2 rings (SSSR count). The molecule has 1 aromatic carbocycles. The van der Waals surface area contributed by atoms with E-state index in [2.05, 4.69) is 9.47 Å². The number of aryl methyl sites for hydroxylation is 1. The van der Waals surface area contributed by atoms with E-state index in [1.807, 2.05) is 6.92 Å². The summed E-state index contributed by atoms with van der Waals surface area (Å²) in [6.45, 7) is 0.963. The summed E-state index contributed by atoms with van der Waals surface area (Å²) in [5.41, 5.74) is 0.976. The van der Waals surface area contributed by atoms with Crippen molar-refractivity contribution in [3.63, 3.8) is 0 Å². The van der Waals surface area contributed by atoms with Crippen molar-refractivity contribution >= 4 is 22.0 Å². The fourth-order valence-corrected chi connectivity index (χ4v) is 3.55. The molecule has 0 bridgehead atoms. The van der Waals surface area contributed by atoms with Crippen LogP contribution >= 0.6 is 0 Å². The van der Waals surface area contributed by atoms with E-state index in [1.54, 1.807) is 12.1 Å². The molecule has 0 unspecified atom stereocenters. The molecule has 9 heteroatoms. The second-order valence-corrected chi connectivity index (χ2v) is 7.35. The van der Waals surface area contributed by atoms with Gasteiger partial charge in [-0.2, -0.15) is 4.31 Å². The van der Waals surface area contributed by atoms with E-state index in [4.69, 9.17) is 4.42 Å². The minimum absolute atomic E-state index is 0.0122. The van der Waals surface area contributed by atoms with Gasteiger partial charge in [0, 0.05) is 0 Å². The molecule has 1 aromatic heterocycles. The number of carbonyl (C=O) groups excluding carboxylic acids is 2. The highest BCUT2D eigenvalue weighted by Gasteiger charge is 2.30. The summed E-state index contributed by atoms with van der Waals surface area (Å²) < 4.78 is 41.2. The number of carbonyl (C=O) groups is 2. The third kappa shape index (κ3) is 4.30. The molecule has 8 nitrogen and oxygen atoms in total. The minimum atomic E-state index is -4.03. The summed E-state index contributed by atoms with van der Waals surface area (Å²) in [4.78, 5) is 23.5. The lowest BCUT2D eigenvalue weighted by Crippen LogP contribution is -2.36. The summed E-state index contributed by atoms with van der Waals surface area (Å²) in [5, 5.41) is 0. The summed E-state index contributed by atoms with van der Waals surface area (Å²) >= 11 is 0. The normalized spacial score (nSPS) is 11.4. The topological polar surface area (TPSA) is 103 Å². The minimum Gasteiger partial charge on any atom is -0.468 e. The zero-order valence-corrected chi connectivity index (χ0v) is 15.4. The number of nitrogens with zero attached hydrogens (tertiary/aromatic N) is 1. The molecule has 0 aliphatic heterocycles. The molecule has 0 N–H and O–H groups in total. The van der Waals surface area contributed by atoms with Gasteiger partial charge in [-0.05, 0) is 25.1 Å². The van der Waals surface area contributed by atoms with Gasteiger partial charge in [-0.15, -0.1) is 0 Å². The highest BCUT2D eigenvalue weighted by atomic mass is 32.2. The summed E-state index contributed by atoms with van der Waals surface area (Å²) in [5.74, 6) is -1.34. The first-order valence-electron chi connectivity index (χ1n) is 7.58. The SMILES string of the molecule is COC(=O)CN(Cc1occc1C(=O)OC)S(=O)(=O)c1ccc(C)cc1. The first-order valence-corrected chi connectivity index (χ1v) is 9.02. The van der Waals surface area contributed by atoms with Crippen molar-refractivity contribution in [2.75, 3.05) is 20.8 Å². The molecule has 0 aliphatic carbocycles. The molecule has 1 heterocycles. The largest absolute Gasteiger partial charge is 0.468 e. The van der Waals surface area contributed by atoms with Crippen LogP contribution in [0.4, 0.5) is 0 Å². The maximum atomic E-state index is 12.9. The van der Waals surface area contributed by atoms with E-state index in [9.17, 15) is 18.0 Å². The van der Waals surface area contributed by atoms with Crippen LogP contribution in [0.15, 0.2) is 45.9 Å². The molecule has 0 atom stereocenters. The van der Waals surface area contributed by atoms with Gasteiger partial charge in [0.1, 0.15) is 17.9 Å². The van der Waals surface area contributed by atoms with E-state index >= 15 is 0 Å². The number of rotatable bonds is 7. The Morgan fingerprint density at radius 1 is 1.08 bits per heavy atom. The number of methoxy groups -OCH3 is 2. The molecule has 0 saturated carbocycles. The van der Waals surface area contributed by atoms with Crippen molar-refractivity contribution in [2.45, 2.75) is 18.4 Å². The maximum absolute atomic E-state index is 12.9. The first-order chi connectivity index (χ1) is 12.3. The van der Waals surface area contributed by atoms with E-state index in [-0.39, 0.29) is 22.8 Å². The van der Waals surface area contributed by atoms with Crippen LogP contribution in [0.5, 0.6) is 0 Å². The number of hydrogen-bond donors (Lipinski definition) is 0. The molecule has 0 amide bonds. The highest BCUT2D eigenvalue weighted by Crippen LogP contribution is 2.21. The third-order valence-corrected chi connectivity index (χ3v) is 5.47. The van der Waals surface area contributed by atoms with E-state index < -0.39 is 28.5 Å². The van der Waals surface area contributed by atoms with Crippen molar-refractivity contribution in [1.82, 2.24) is 4.31 Å². The van der Waals surface area contributed by atoms with Gasteiger partial charge in [0.15, 0.2) is 0 Å². The lowest BCUT2D eigenvalue weighted by molar-refractivity contribution is -0.140. The molecule has 140 valence electrons. The Hall–Kier alpha value is -2.65. The maximum Gasteiger partial charge on any atom is 0.341 e. The Morgan fingerprint density at radius 3 is 2.31 bits per heavy atom. The fourth-order valence-electron chi connectivity index (χ4n) is 2.21. The zero-order valence-electron chi connectivity index (χ0n) is 14.6. The number of ether oxygens (including phenoxy) is 2. The van der Waals surface area contributed by atoms with Crippen LogP contribution in [0.2, 0.25) is 0 Å². The molecule has 0 fully saturated rings. The fraction of sp³-hybridized carbons (Fsp3) is 0.294. The standard InChI is InChI=1S/C17H19NO7S/c1-12-4-6-13(7-5-12)26(21,22)18(11-16(19)23-2)10-15-14(8-9-25-15)17(20)24-3/h4-9H,10-11H2,1-3H3. The average molecular weight is 381 g/mol. The van der Waals surface area contributed by atoms with Gasteiger partial charge >= 0.3 is 11.9 Å². The summed E-state index contributed by atoms with van der Waals surface area (Å²) in [6, 6.07) is 7.55. The van der Waals surface area contributed by atoms with Crippen LogP contribution in [0.3, 0.4) is 0 Å². The van der Waals surface area contributed by atoms with E-state index in [1.165, 1.54) is 31.6 Å². The van der Waals surface area contributed by atoms with Crippen molar-refractivity contribution in [3.8, 4) is 0 Å². The van der Waals surface area contributed by atoms with Gasteiger partial charge in [0.05, 0.1) is 31.9 Å². The highest BCUT2D eigenvalue weighted by molar-refractivity contribution is 7.89. The van der Waals surface area contributed by atoms with Crippen molar-refractivity contribution in [2.24, 2.45) is 0 Å². The lowest BCUT2D eigenvalue weighted by atomic mass is 10.2. The number of esters is 2. The molecule has 0 saturated heterocycles.